The Labute approximate surface area is 189 Å². The number of phenolic OH excluding ortho intramolecular Hbond substituents is 3. The van der Waals surface area contributed by atoms with Crippen molar-refractivity contribution in [3.05, 3.63) is 59.7 Å². The van der Waals surface area contributed by atoms with Gasteiger partial charge in [-0.25, -0.2) is 4.79 Å². The Balaban J connectivity index is 1.50. The molecule has 0 aliphatic carbocycles. The molecule has 0 spiro atoms. The highest BCUT2D eigenvalue weighted by Gasteiger charge is 2.44. The van der Waals surface area contributed by atoms with E-state index in [1.54, 1.807) is 18.2 Å². The van der Waals surface area contributed by atoms with Crippen LogP contribution in [0.2, 0.25) is 0 Å². The van der Waals surface area contributed by atoms with Gasteiger partial charge in [0, 0.05) is 6.08 Å². The molecule has 10 heteroatoms. The number of aliphatic hydroxyl groups is 3. The van der Waals surface area contributed by atoms with E-state index in [4.69, 9.17) is 14.2 Å². The zero-order chi connectivity index (χ0) is 24.0. The molecule has 2 aromatic rings. The molecule has 3 rings (SSSR count). The van der Waals surface area contributed by atoms with Gasteiger partial charge < -0.3 is 44.8 Å². The van der Waals surface area contributed by atoms with Crippen LogP contribution in [0, 0.1) is 0 Å². The van der Waals surface area contributed by atoms with Crippen LogP contribution in [0.3, 0.4) is 0 Å². The summed E-state index contributed by atoms with van der Waals surface area (Å²) in [5.41, 5.74) is 1.31. The highest BCUT2D eigenvalue weighted by molar-refractivity contribution is 5.87. The summed E-state index contributed by atoms with van der Waals surface area (Å²) in [6.45, 7) is -0.355. The second kappa shape index (κ2) is 11.1. The van der Waals surface area contributed by atoms with Crippen molar-refractivity contribution >= 4 is 12.0 Å². The summed E-state index contributed by atoms with van der Waals surface area (Å²) in [6.07, 6.45) is -4.11. The molecule has 1 heterocycles. The summed E-state index contributed by atoms with van der Waals surface area (Å²) in [5.74, 6) is -1.15. The van der Waals surface area contributed by atoms with Crippen LogP contribution in [0.15, 0.2) is 48.5 Å². The van der Waals surface area contributed by atoms with Gasteiger partial charge in [-0.2, -0.15) is 0 Å². The Kier molecular flexibility index (Phi) is 8.26. The Morgan fingerprint density at radius 1 is 0.939 bits per heavy atom. The molecule has 5 atom stereocenters. The molecular formula is C23H26O10. The number of hydrogen-bond donors (Lipinski definition) is 6. The maximum Gasteiger partial charge on any atom is 0.330 e. The fourth-order valence-corrected chi connectivity index (χ4v) is 3.17. The fraction of sp³-hybridized carbons (Fsp3) is 0.348. The molecule has 0 radical (unpaired) electrons. The Bertz CT molecular complexity index is 958. The van der Waals surface area contributed by atoms with Crippen LogP contribution in [0.5, 0.6) is 17.2 Å². The van der Waals surface area contributed by atoms with Gasteiger partial charge in [-0.05, 0) is 47.9 Å². The summed E-state index contributed by atoms with van der Waals surface area (Å²) < 4.78 is 16.0. The molecule has 2 aromatic carbocycles. The number of ether oxygens (including phenoxy) is 3. The van der Waals surface area contributed by atoms with E-state index in [1.807, 2.05) is 0 Å². The van der Waals surface area contributed by atoms with Gasteiger partial charge in [0.05, 0.1) is 6.61 Å². The molecule has 0 saturated carbocycles. The van der Waals surface area contributed by atoms with Gasteiger partial charge in [-0.1, -0.05) is 18.2 Å². The first-order valence-electron chi connectivity index (χ1n) is 10.2. The van der Waals surface area contributed by atoms with Gasteiger partial charge in [-0.3, -0.25) is 0 Å². The topological polar surface area (TPSA) is 166 Å². The molecule has 6 N–H and O–H groups in total. The van der Waals surface area contributed by atoms with Crippen molar-refractivity contribution < 1.29 is 49.6 Å². The second-order valence-corrected chi connectivity index (χ2v) is 7.51. The molecule has 0 amide bonds. The molecule has 10 nitrogen and oxygen atoms in total. The monoisotopic (exact) mass is 462 g/mol. The number of hydrogen-bond acceptors (Lipinski definition) is 10. The predicted octanol–water partition coefficient (Wildman–Crippen LogP) is 0.427. The van der Waals surface area contributed by atoms with E-state index >= 15 is 0 Å². The smallest absolute Gasteiger partial charge is 0.330 e. The normalized spacial score (nSPS) is 25.2. The molecule has 0 aromatic heterocycles. The second-order valence-electron chi connectivity index (χ2n) is 7.51. The number of aromatic hydroxyl groups is 3. The lowest BCUT2D eigenvalue weighted by Crippen LogP contribution is -2.59. The zero-order valence-electron chi connectivity index (χ0n) is 17.5. The first kappa shape index (κ1) is 24.5. The van der Waals surface area contributed by atoms with Crippen LogP contribution < -0.4 is 0 Å². The van der Waals surface area contributed by atoms with Crippen LogP contribution in [0.25, 0.3) is 6.08 Å². The van der Waals surface area contributed by atoms with Gasteiger partial charge in [0.2, 0.25) is 0 Å². The van der Waals surface area contributed by atoms with Crippen molar-refractivity contribution in [2.45, 2.75) is 37.1 Å². The highest BCUT2D eigenvalue weighted by atomic mass is 16.7. The van der Waals surface area contributed by atoms with E-state index in [-0.39, 0.29) is 23.9 Å². The van der Waals surface area contributed by atoms with Crippen LogP contribution in [-0.2, 0) is 25.4 Å². The lowest BCUT2D eigenvalue weighted by molar-refractivity contribution is -0.301. The fourth-order valence-electron chi connectivity index (χ4n) is 3.17. The van der Waals surface area contributed by atoms with Crippen molar-refractivity contribution in [2.75, 3.05) is 13.2 Å². The van der Waals surface area contributed by atoms with Crippen LogP contribution in [0.1, 0.15) is 11.1 Å². The van der Waals surface area contributed by atoms with Crippen molar-refractivity contribution in [1.29, 1.82) is 0 Å². The number of esters is 1. The summed E-state index contributed by atoms with van der Waals surface area (Å²) in [6, 6.07) is 10.4. The quantitative estimate of drug-likeness (QED) is 0.184. The van der Waals surface area contributed by atoms with E-state index in [0.717, 1.165) is 6.08 Å². The Morgan fingerprint density at radius 3 is 2.36 bits per heavy atom. The molecule has 0 bridgehead atoms. The molecule has 1 aliphatic rings. The number of carbonyl (C=O) groups excluding carboxylic acids is 1. The molecule has 33 heavy (non-hydrogen) atoms. The zero-order valence-corrected chi connectivity index (χ0v) is 17.5. The molecule has 0 unspecified atom stereocenters. The summed E-state index contributed by atoms with van der Waals surface area (Å²) in [5, 5.41) is 58.6. The van der Waals surface area contributed by atoms with Crippen molar-refractivity contribution in [1.82, 2.24) is 0 Å². The van der Waals surface area contributed by atoms with Gasteiger partial charge in [0.1, 0.15) is 36.8 Å². The van der Waals surface area contributed by atoms with E-state index in [0.29, 0.717) is 17.5 Å². The molecule has 178 valence electrons. The molecule has 1 fully saturated rings. The minimum atomic E-state index is -1.59. The molecular weight excluding hydrogens is 436 g/mol. The standard InChI is InChI=1S/C23H26O10/c24-15-5-1-13(2-6-15)4-8-19(27)32-12-18-20(28)21(29)22(30)23(33-18)31-10-9-14-3-7-16(25)17(26)11-14/h1-8,11,18,20-26,28-30H,9-10,12H2/t18-,20-,21+,22+,23+/m0/s1. The Hall–Kier alpha value is -3.15. The van der Waals surface area contributed by atoms with E-state index in [1.165, 1.54) is 30.3 Å². The predicted molar refractivity (Wildman–Crippen MR) is 114 cm³/mol. The average Bonchev–Trinajstić information content (AvgIpc) is 2.80. The molecule has 1 saturated heterocycles. The third-order valence-corrected chi connectivity index (χ3v) is 5.08. The van der Waals surface area contributed by atoms with Crippen molar-refractivity contribution in [3.63, 3.8) is 0 Å². The van der Waals surface area contributed by atoms with Crippen LogP contribution in [0.4, 0.5) is 0 Å². The van der Waals surface area contributed by atoms with Gasteiger partial charge >= 0.3 is 5.97 Å². The maximum absolute atomic E-state index is 12.0. The SMILES string of the molecule is O=C(C=Cc1ccc(O)cc1)OC[C@@H]1O[C@@H](OCCc2ccc(O)c(O)c2)[C@H](O)[C@H](O)[C@H]1O. The minimum absolute atomic E-state index is 0.0383. The van der Waals surface area contributed by atoms with Crippen LogP contribution >= 0.6 is 0 Å². The number of phenols is 3. The van der Waals surface area contributed by atoms with Crippen molar-refractivity contribution in [2.24, 2.45) is 0 Å². The Morgan fingerprint density at radius 2 is 1.67 bits per heavy atom. The summed E-state index contributed by atoms with van der Waals surface area (Å²) in [4.78, 5) is 12.0. The molecule has 1 aliphatic heterocycles. The third kappa shape index (κ3) is 6.67. The van der Waals surface area contributed by atoms with Crippen LogP contribution in [-0.4, -0.2) is 80.5 Å². The van der Waals surface area contributed by atoms with E-state index in [2.05, 4.69) is 0 Å². The van der Waals surface area contributed by atoms with E-state index in [9.17, 15) is 35.4 Å². The van der Waals surface area contributed by atoms with Gasteiger partial charge in [0.25, 0.3) is 0 Å². The maximum atomic E-state index is 12.0. The number of aliphatic hydroxyl groups excluding tert-OH is 3. The summed E-state index contributed by atoms with van der Waals surface area (Å²) in [7, 11) is 0. The third-order valence-electron chi connectivity index (χ3n) is 5.08. The van der Waals surface area contributed by atoms with E-state index < -0.39 is 43.3 Å². The first-order chi connectivity index (χ1) is 15.7. The number of benzene rings is 2. The number of rotatable bonds is 8. The highest BCUT2D eigenvalue weighted by Crippen LogP contribution is 2.26. The van der Waals surface area contributed by atoms with Gasteiger partial charge in [-0.15, -0.1) is 0 Å². The minimum Gasteiger partial charge on any atom is -0.508 e. The van der Waals surface area contributed by atoms with Gasteiger partial charge in [0.15, 0.2) is 17.8 Å². The largest absolute Gasteiger partial charge is 0.508 e. The summed E-state index contributed by atoms with van der Waals surface area (Å²) >= 11 is 0. The lowest BCUT2D eigenvalue weighted by Gasteiger charge is -2.39. The first-order valence-corrected chi connectivity index (χ1v) is 10.2. The number of carbonyl (C=O) groups is 1. The van der Waals surface area contributed by atoms with Crippen molar-refractivity contribution in [3.8, 4) is 17.2 Å². The average molecular weight is 462 g/mol. The lowest BCUT2D eigenvalue weighted by atomic mass is 9.99.